The topological polar surface area (TPSA) is 64.9 Å². The Balaban J connectivity index is 2.68. The van der Waals surface area contributed by atoms with Gasteiger partial charge in [0.25, 0.3) is 0 Å². The summed E-state index contributed by atoms with van der Waals surface area (Å²) in [5.74, 6) is 0.731. The lowest BCUT2D eigenvalue weighted by atomic mass is 9.95. The molecule has 16 heavy (non-hydrogen) atoms. The van der Waals surface area contributed by atoms with Crippen LogP contribution in [0.5, 0.6) is 0 Å². The maximum absolute atomic E-state index is 5.72. The molecule has 6 nitrogen and oxygen atoms in total. The Labute approximate surface area is 96.4 Å². The predicted molar refractivity (Wildman–Crippen MR) is 61.1 cm³/mol. The van der Waals surface area contributed by atoms with Gasteiger partial charge in [-0.25, -0.2) is 0 Å². The summed E-state index contributed by atoms with van der Waals surface area (Å²) in [5.41, 5.74) is -0.247. The number of hydrogen-bond donors (Lipinski definition) is 1. The summed E-state index contributed by atoms with van der Waals surface area (Å²) in [6.45, 7) is 6.82. The second-order valence-corrected chi connectivity index (χ2v) is 4.28. The molecule has 6 heteroatoms. The molecule has 0 amide bonds. The first-order valence-electron chi connectivity index (χ1n) is 5.53. The third-order valence-corrected chi connectivity index (χ3v) is 2.64. The summed E-state index contributed by atoms with van der Waals surface area (Å²) < 4.78 is 5.72. The number of rotatable bonds is 6. The van der Waals surface area contributed by atoms with Gasteiger partial charge >= 0.3 is 0 Å². The van der Waals surface area contributed by atoms with Gasteiger partial charge in [0.15, 0.2) is 5.82 Å². The van der Waals surface area contributed by atoms with E-state index < -0.39 is 0 Å². The van der Waals surface area contributed by atoms with E-state index in [1.807, 2.05) is 14.0 Å². The molecule has 0 aliphatic carbocycles. The molecule has 1 N–H and O–H groups in total. The van der Waals surface area contributed by atoms with Gasteiger partial charge < -0.3 is 10.1 Å². The van der Waals surface area contributed by atoms with Gasteiger partial charge in [-0.3, -0.25) is 0 Å². The van der Waals surface area contributed by atoms with Crippen molar-refractivity contribution in [3.05, 3.63) is 5.82 Å². The lowest BCUT2D eigenvalue weighted by molar-refractivity contribution is -0.0367. The Bertz CT molecular complexity index is 323. The maximum atomic E-state index is 5.72. The number of likely N-dealkylation sites (N-methyl/N-ethyl adjacent to an activating group) is 1. The van der Waals surface area contributed by atoms with Gasteiger partial charge in [0, 0.05) is 19.1 Å². The van der Waals surface area contributed by atoms with Crippen molar-refractivity contribution in [1.82, 2.24) is 25.5 Å². The molecule has 0 aromatic carbocycles. The van der Waals surface area contributed by atoms with E-state index in [4.69, 9.17) is 4.74 Å². The minimum Gasteiger partial charge on any atom is -0.374 e. The molecule has 0 saturated carbocycles. The molecule has 0 saturated heterocycles. The molecule has 1 aromatic rings. The van der Waals surface area contributed by atoms with Crippen LogP contribution in [0.1, 0.15) is 26.6 Å². The molecule has 0 radical (unpaired) electrons. The van der Waals surface area contributed by atoms with Crippen LogP contribution >= 0.6 is 0 Å². The van der Waals surface area contributed by atoms with E-state index in [2.05, 4.69) is 34.6 Å². The highest BCUT2D eigenvalue weighted by Gasteiger charge is 2.30. The molecule has 0 bridgehead atoms. The van der Waals surface area contributed by atoms with Crippen molar-refractivity contribution in [3.8, 4) is 0 Å². The number of nitrogens with zero attached hydrogens (tertiary/aromatic N) is 4. The summed E-state index contributed by atoms with van der Waals surface area (Å²) in [7, 11) is 3.68. The molecule has 0 fully saturated rings. The van der Waals surface area contributed by atoms with E-state index in [1.54, 1.807) is 7.05 Å². The molecule has 1 atom stereocenters. The average molecular weight is 227 g/mol. The first-order valence-corrected chi connectivity index (χ1v) is 5.53. The van der Waals surface area contributed by atoms with Crippen LogP contribution < -0.4 is 5.32 Å². The standard InChI is InChI=1S/C10H21N5O/c1-6-16-10(2,3)8(11-4)7-9-12-14-15(5)13-9/h8,11H,6-7H2,1-5H3. The van der Waals surface area contributed by atoms with Gasteiger partial charge in [0.05, 0.1) is 12.6 Å². The zero-order valence-corrected chi connectivity index (χ0v) is 10.7. The highest BCUT2D eigenvalue weighted by atomic mass is 16.5. The Morgan fingerprint density at radius 2 is 2.19 bits per heavy atom. The van der Waals surface area contributed by atoms with Crippen LogP contribution in [0.25, 0.3) is 0 Å². The zero-order chi connectivity index (χ0) is 12.2. The van der Waals surface area contributed by atoms with Crippen molar-refractivity contribution < 1.29 is 4.74 Å². The summed E-state index contributed by atoms with van der Waals surface area (Å²) >= 11 is 0. The smallest absolute Gasteiger partial charge is 0.176 e. The minimum absolute atomic E-state index is 0.164. The van der Waals surface area contributed by atoms with E-state index in [1.165, 1.54) is 4.80 Å². The van der Waals surface area contributed by atoms with E-state index in [0.717, 1.165) is 5.82 Å². The fourth-order valence-corrected chi connectivity index (χ4v) is 1.76. The van der Waals surface area contributed by atoms with Crippen LogP contribution in [0.3, 0.4) is 0 Å². The fraction of sp³-hybridized carbons (Fsp3) is 0.900. The normalized spacial score (nSPS) is 14.1. The molecule has 1 unspecified atom stereocenters. The van der Waals surface area contributed by atoms with Gasteiger partial charge in [0.1, 0.15) is 0 Å². The second-order valence-electron chi connectivity index (χ2n) is 4.28. The number of ether oxygens (including phenoxy) is 1. The lowest BCUT2D eigenvalue weighted by Gasteiger charge is -2.33. The average Bonchev–Trinajstić information content (AvgIpc) is 2.60. The van der Waals surface area contributed by atoms with Crippen LogP contribution in [0, 0.1) is 0 Å². The van der Waals surface area contributed by atoms with Crippen molar-refractivity contribution in [2.24, 2.45) is 7.05 Å². The number of nitrogens with one attached hydrogen (secondary N) is 1. The van der Waals surface area contributed by atoms with Crippen molar-refractivity contribution in [2.75, 3.05) is 13.7 Å². The van der Waals surface area contributed by atoms with Gasteiger partial charge in [-0.1, -0.05) is 0 Å². The third kappa shape index (κ3) is 3.24. The Morgan fingerprint density at radius 1 is 1.50 bits per heavy atom. The molecule has 92 valence electrons. The fourth-order valence-electron chi connectivity index (χ4n) is 1.76. The van der Waals surface area contributed by atoms with Crippen LogP contribution in [-0.4, -0.2) is 45.5 Å². The van der Waals surface area contributed by atoms with Gasteiger partial charge in [-0.2, -0.15) is 4.80 Å². The highest BCUT2D eigenvalue weighted by Crippen LogP contribution is 2.17. The minimum atomic E-state index is -0.247. The van der Waals surface area contributed by atoms with E-state index >= 15 is 0 Å². The number of tetrazole rings is 1. The first-order chi connectivity index (χ1) is 7.49. The van der Waals surface area contributed by atoms with E-state index in [9.17, 15) is 0 Å². The second kappa shape index (κ2) is 5.36. The number of hydrogen-bond acceptors (Lipinski definition) is 5. The van der Waals surface area contributed by atoms with Crippen LogP contribution in [-0.2, 0) is 18.2 Å². The Hall–Kier alpha value is -1.01. The summed E-state index contributed by atoms with van der Waals surface area (Å²) in [6.07, 6.45) is 0.706. The monoisotopic (exact) mass is 227 g/mol. The zero-order valence-electron chi connectivity index (χ0n) is 10.7. The third-order valence-electron chi connectivity index (χ3n) is 2.64. The molecule has 1 aromatic heterocycles. The molecule has 0 aliphatic rings. The Kier molecular flexibility index (Phi) is 4.37. The van der Waals surface area contributed by atoms with E-state index in [-0.39, 0.29) is 11.6 Å². The first kappa shape index (κ1) is 13.1. The quantitative estimate of drug-likeness (QED) is 0.749. The number of aryl methyl sites for hydroxylation is 1. The van der Waals surface area contributed by atoms with Crippen LogP contribution in [0.15, 0.2) is 0 Å². The molecule has 1 rings (SSSR count). The van der Waals surface area contributed by atoms with Crippen LogP contribution in [0.2, 0.25) is 0 Å². The van der Waals surface area contributed by atoms with Gasteiger partial charge in [0.2, 0.25) is 0 Å². The predicted octanol–water partition coefficient (Wildman–Crippen LogP) is 0.156. The largest absolute Gasteiger partial charge is 0.374 e. The summed E-state index contributed by atoms with van der Waals surface area (Å²) in [4.78, 5) is 1.47. The molecule has 1 heterocycles. The van der Waals surface area contributed by atoms with Crippen molar-refractivity contribution in [3.63, 3.8) is 0 Å². The maximum Gasteiger partial charge on any atom is 0.176 e. The van der Waals surface area contributed by atoms with Gasteiger partial charge in [-0.15, -0.1) is 10.2 Å². The van der Waals surface area contributed by atoms with Crippen LogP contribution in [0.4, 0.5) is 0 Å². The van der Waals surface area contributed by atoms with Crippen molar-refractivity contribution >= 4 is 0 Å². The molecular weight excluding hydrogens is 206 g/mol. The van der Waals surface area contributed by atoms with Crippen molar-refractivity contribution in [2.45, 2.75) is 38.8 Å². The number of aromatic nitrogens is 4. The van der Waals surface area contributed by atoms with E-state index in [0.29, 0.717) is 13.0 Å². The van der Waals surface area contributed by atoms with Gasteiger partial charge in [-0.05, 0) is 33.0 Å². The molecular formula is C10H21N5O. The summed E-state index contributed by atoms with van der Waals surface area (Å²) in [5, 5.41) is 15.2. The summed E-state index contributed by atoms with van der Waals surface area (Å²) in [6, 6.07) is 0.164. The molecule has 0 spiro atoms. The lowest BCUT2D eigenvalue weighted by Crippen LogP contribution is -2.48. The Morgan fingerprint density at radius 3 is 2.62 bits per heavy atom. The highest BCUT2D eigenvalue weighted by molar-refractivity contribution is 4.93. The SMILES string of the molecule is CCOC(C)(C)C(Cc1nnn(C)n1)NC. The molecule has 0 aliphatic heterocycles. The van der Waals surface area contributed by atoms with Crippen molar-refractivity contribution in [1.29, 1.82) is 0 Å².